The van der Waals surface area contributed by atoms with E-state index in [4.69, 9.17) is 0 Å². The van der Waals surface area contributed by atoms with Crippen LogP contribution in [0.3, 0.4) is 0 Å². The highest BCUT2D eigenvalue weighted by atomic mass is 16.5. The quantitative estimate of drug-likeness (QED) is 0.764. The predicted molar refractivity (Wildman–Crippen MR) is 85.3 cm³/mol. The Kier molecular flexibility index (Phi) is 4.57. The molecule has 1 fully saturated rings. The summed E-state index contributed by atoms with van der Waals surface area (Å²) < 4.78 is 6.12. The molecule has 24 heavy (non-hydrogen) atoms. The Morgan fingerprint density at radius 1 is 1.42 bits per heavy atom. The van der Waals surface area contributed by atoms with Gasteiger partial charge in [0, 0.05) is 31.9 Å². The number of nitrogens with one attached hydrogen (secondary N) is 1. The molecule has 3 heterocycles. The van der Waals surface area contributed by atoms with Crippen molar-refractivity contribution in [3.63, 3.8) is 0 Å². The first-order valence-electron chi connectivity index (χ1n) is 7.64. The molecule has 0 saturated carbocycles. The van der Waals surface area contributed by atoms with Gasteiger partial charge >= 0.3 is 5.97 Å². The van der Waals surface area contributed by atoms with E-state index in [9.17, 15) is 14.4 Å². The van der Waals surface area contributed by atoms with E-state index in [0.29, 0.717) is 31.0 Å². The molecule has 1 N–H and O–H groups in total. The fourth-order valence-electron chi connectivity index (χ4n) is 2.81. The van der Waals surface area contributed by atoms with Gasteiger partial charge in [-0.15, -0.1) is 0 Å². The molecule has 8 nitrogen and oxygen atoms in total. The number of ether oxygens (including phenoxy) is 1. The fourth-order valence-corrected chi connectivity index (χ4v) is 2.81. The van der Waals surface area contributed by atoms with Gasteiger partial charge in [-0.3, -0.25) is 23.7 Å². The van der Waals surface area contributed by atoms with Crippen molar-refractivity contribution in [2.24, 2.45) is 0 Å². The summed E-state index contributed by atoms with van der Waals surface area (Å²) in [5.41, 5.74) is 0.934. The van der Waals surface area contributed by atoms with Gasteiger partial charge in [0.15, 0.2) is 0 Å². The first kappa shape index (κ1) is 16.1. The Hall–Kier alpha value is -2.74. The first-order chi connectivity index (χ1) is 11.6. The summed E-state index contributed by atoms with van der Waals surface area (Å²) in [5.74, 6) is -0.669. The number of carbonyl (C=O) groups excluding carboxylic acids is 2. The third-order valence-corrected chi connectivity index (χ3v) is 4.02. The van der Waals surface area contributed by atoms with Gasteiger partial charge in [-0.2, -0.15) is 0 Å². The van der Waals surface area contributed by atoms with Crippen LogP contribution in [-0.4, -0.2) is 52.4 Å². The van der Waals surface area contributed by atoms with Crippen molar-refractivity contribution < 1.29 is 14.3 Å². The molecule has 1 saturated heterocycles. The topological polar surface area (TPSA) is 93.0 Å². The summed E-state index contributed by atoms with van der Waals surface area (Å²) in [7, 11) is 1.29. The van der Waals surface area contributed by atoms with Gasteiger partial charge in [0.25, 0.3) is 5.56 Å². The van der Waals surface area contributed by atoms with Crippen LogP contribution in [0.25, 0.3) is 5.65 Å². The molecule has 0 bridgehead atoms. The maximum atomic E-state index is 12.2. The minimum Gasteiger partial charge on any atom is -0.469 e. The Labute approximate surface area is 138 Å². The number of piperazine rings is 1. The van der Waals surface area contributed by atoms with Crippen molar-refractivity contribution in [2.75, 3.05) is 20.2 Å². The van der Waals surface area contributed by atoms with Crippen molar-refractivity contribution in [1.82, 2.24) is 19.6 Å². The van der Waals surface area contributed by atoms with Gasteiger partial charge < -0.3 is 10.1 Å². The zero-order chi connectivity index (χ0) is 17.1. The smallest absolute Gasteiger partial charge is 0.307 e. The van der Waals surface area contributed by atoms with E-state index in [1.165, 1.54) is 17.6 Å². The molecule has 2 aromatic heterocycles. The number of methoxy groups -OCH3 is 1. The number of amides is 1. The van der Waals surface area contributed by atoms with Gasteiger partial charge in [0.1, 0.15) is 11.7 Å². The normalized spacial score (nSPS) is 18.4. The molecule has 1 aliphatic heterocycles. The Morgan fingerprint density at radius 2 is 2.25 bits per heavy atom. The van der Waals surface area contributed by atoms with Crippen molar-refractivity contribution in [2.45, 2.75) is 19.0 Å². The average Bonchev–Trinajstić information content (AvgIpc) is 2.58. The number of rotatable bonds is 4. The van der Waals surface area contributed by atoms with Crippen LogP contribution in [0, 0.1) is 0 Å². The van der Waals surface area contributed by atoms with Crippen LogP contribution >= 0.6 is 0 Å². The van der Waals surface area contributed by atoms with E-state index in [0.717, 1.165) is 0 Å². The van der Waals surface area contributed by atoms with Crippen molar-refractivity contribution >= 4 is 17.5 Å². The lowest BCUT2D eigenvalue weighted by atomic mass is 10.1. The monoisotopic (exact) mass is 330 g/mol. The number of nitrogens with zero attached hydrogens (tertiary/aromatic N) is 3. The summed E-state index contributed by atoms with van der Waals surface area (Å²) in [6, 6.07) is 6.15. The van der Waals surface area contributed by atoms with Gasteiger partial charge in [-0.25, -0.2) is 4.98 Å². The van der Waals surface area contributed by atoms with Crippen LogP contribution in [0.2, 0.25) is 0 Å². The highest BCUT2D eigenvalue weighted by Crippen LogP contribution is 2.13. The number of carbonyl (C=O) groups is 2. The highest BCUT2D eigenvalue weighted by molar-refractivity contribution is 5.87. The second-order valence-corrected chi connectivity index (χ2v) is 5.57. The van der Waals surface area contributed by atoms with E-state index in [-0.39, 0.29) is 17.9 Å². The molecule has 2 aromatic rings. The molecule has 0 unspecified atom stereocenters. The summed E-state index contributed by atoms with van der Waals surface area (Å²) in [6.07, 6.45) is 1.62. The fraction of sp³-hybridized carbons (Fsp3) is 0.375. The second kappa shape index (κ2) is 6.79. The molecular weight excluding hydrogens is 312 g/mol. The van der Waals surface area contributed by atoms with E-state index in [2.05, 4.69) is 15.0 Å². The van der Waals surface area contributed by atoms with E-state index in [1.54, 1.807) is 24.4 Å². The lowest BCUT2D eigenvalue weighted by Gasteiger charge is -2.34. The molecule has 3 rings (SSSR count). The summed E-state index contributed by atoms with van der Waals surface area (Å²) >= 11 is 0. The molecule has 0 radical (unpaired) electrons. The summed E-state index contributed by atoms with van der Waals surface area (Å²) in [4.78, 5) is 42.1. The third kappa shape index (κ3) is 3.28. The van der Waals surface area contributed by atoms with E-state index >= 15 is 0 Å². The molecular formula is C16H18N4O4. The predicted octanol–water partition coefficient (Wildman–Crippen LogP) is -0.442. The van der Waals surface area contributed by atoms with Crippen molar-refractivity contribution in [3.8, 4) is 0 Å². The maximum absolute atomic E-state index is 12.2. The summed E-state index contributed by atoms with van der Waals surface area (Å²) in [6.45, 7) is 1.38. The van der Waals surface area contributed by atoms with Crippen LogP contribution < -0.4 is 10.9 Å². The van der Waals surface area contributed by atoms with Gasteiger partial charge in [0.2, 0.25) is 5.91 Å². The van der Waals surface area contributed by atoms with E-state index < -0.39 is 12.0 Å². The Morgan fingerprint density at radius 3 is 3.04 bits per heavy atom. The Bertz CT molecular complexity index is 832. The molecule has 1 amide bonds. The SMILES string of the molecule is COC(=O)C[C@@H]1C(=O)NCCN1Cc1cc(=O)n2ccccc2n1. The average molecular weight is 330 g/mol. The number of esters is 1. The standard InChI is InChI=1S/C16H18N4O4/c1-24-15(22)9-12-16(23)17-5-7-19(12)10-11-8-14(21)20-6-3-2-4-13(20)18-11/h2-4,6,8,12H,5,7,9-10H2,1H3,(H,17,23)/t12-/m1/s1. The molecule has 1 atom stereocenters. The van der Waals surface area contributed by atoms with Crippen LogP contribution in [0.15, 0.2) is 35.3 Å². The molecule has 126 valence electrons. The number of aromatic nitrogens is 2. The highest BCUT2D eigenvalue weighted by Gasteiger charge is 2.32. The van der Waals surface area contributed by atoms with Crippen LogP contribution in [0.5, 0.6) is 0 Å². The molecule has 0 spiro atoms. The molecule has 8 heteroatoms. The second-order valence-electron chi connectivity index (χ2n) is 5.57. The minimum atomic E-state index is -0.623. The zero-order valence-electron chi connectivity index (χ0n) is 13.3. The number of hydrogen-bond acceptors (Lipinski definition) is 6. The largest absolute Gasteiger partial charge is 0.469 e. The van der Waals surface area contributed by atoms with E-state index in [1.807, 2.05) is 4.90 Å². The number of fused-ring (bicyclic) bond motifs is 1. The third-order valence-electron chi connectivity index (χ3n) is 4.02. The van der Waals surface area contributed by atoms with Crippen molar-refractivity contribution in [1.29, 1.82) is 0 Å². The lowest BCUT2D eigenvalue weighted by molar-refractivity contribution is -0.146. The Balaban J connectivity index is 1.86. The number of pyridine rings is 1. The molecule has 0 aliphatic carbocycles. The van der Waals surface area contributed by atoms with Crippen LogP contribution in [0.1, 0.15) is 12.1 Å². The maximum Gasteiger partial charge on any atom is 0.307 e. The number of hydrogen-bond donors (Lipinski definition) is 1. The van der Waals surface area contributed by atoms with Crippen molar-refractivity contribution in [3.05, 3.63) is 46.5 Å². The van der Waals surface area contributed by atoms with Gasteiger partial charge in [-0.05, 0) is 12.1 Å². The van der Waals surface area contributed by atoms with Crippen LogP contribution in [-0.2, 0) is 20.9 Å². The lowest BCUT2D eigenvalue weighted by Crippen LogP contribution is -2.55. The summed E-state index contributed by atoms with van der Waals surface area (Å²) in [5, 5.41) is 2.74. The first-order valence-corrected chi connectivity index (χ1v) is 7.64. The minimum absolute atomic E-state index is 0.0328. The zero-order valence-corrected chi connectivity index (χ0v) is 13.3. The molecule has 1 aliphatic rings. The van der Waals surface area contributed by atoms with Gasteiger partial charge in [-0.1, -0.05) is 6.07 Å². The van der Waals surface area contributed by atoms with Crippen LogP contribution in [0.4, 0.5) is 0 Å². The molecule has 0 aromatic carbocycles. The van der Waals surface area contributed by atoms with Gasteiger partial charge in [0.05, 0.1) is 19.2 Å².